The zero-order chi connectivity index (χ0) is 9.30. The lowest BCUT2D eigenvalue weighted by Crippen LogP contribution is -2.33. The molecule has 0 aromatic rings. The topological polar surface area (TPSA) is 20.3 Å². The molecular weight excluding hydrogens is 218 g/mol. The smallest absolute Gasteiger partial charge is 0.236 e. The number of hydrogen-bond donors (Lipinski definition) is 0. The fourth-order valence-corrected chi connectivity index (χ4v) is 1.85. The molecule has 1 amide bonds. The molecule has 3 atom stereocenters. The zero-order valence-corrected chi connectivity index (χ0v) is 9.47. The molecule has 0 spiro atoms. The van der Waals surface area contributed by atoms with Crippen molar-refractivity contribution in [1.82, 2.24) is 4.90 Å². The molecule has 1 aliphatic rings. The van der Waals surface area contributed by atoms with Gasteiger partial charge in [-0.1, -0.05) is 29.8 Å². The van der Waals surface area contributed by atoms with Crippen LogP contribution >= 0.6 is 15.9 Å². The van der Waals surface area contributed by atoms with Gasteiger partial charge in [-0.05, 0) is 18.8 Å². The first kappa shape index (κ1) is 10.0. The largest absolute Gasteiger partial charge is 0.341 e. The Bertz CT molecular complexity index is 171. The van der Waals surface area contributed by atoms with Gasteiger partial charge in [-0.2, -0.15) is 0 Å². The van der Waals surface area contributed by atoms with Crippen LogP contribution in [0.25, 0.3) is 0 Å². The minimum absolute atomic E-state index is 0.0324. The molecule has 0 aromatic carbocycles. The Labute approximate surface area is 82.4 Å². The second kappa shape index (κ2) is 3.77. The van der Waals surface area contributed by atoms with E-state index < -0.39 is 0 Å². The van der Waals surface area contributed by atoms with E-state index in [1.165, 1.54) is 0 Å². The molecule has 0 bridgehead atoms. The third kappa shape index (κ3) is 2.00. The van der Waals surface area contributed by atoms with Crippen LogP contribution in [0.15, 0.2) is 0 Å². The number of alkyl halides is 1. The summed E-state index contributed by atoms with van der Waals surface area (Å²) >= 11 is 3.30. The van der Waals surface area contributed by atoms with Gasteiger partial charge in [0.15, 0.2) is 0 Å². The Morgan fingerprint density at radius 1 is 1.42 bits per heavy atom. The van der Waals surface area contributed by atoms with Crippen molar-refractivity contribution in [3.05, 3.63) is 0 Å². The van der Waals surface area contributed by atoms with Gasteiger partial charge >= 0.3 is 0 Å². The number of hydrogen-bond acceptors (Lipinski definition) is 1. The molecule has 1 saturated heterocycles. The standard InChI is InChI=1S/C9H16BrNO/c1-6-4-11(5-7(6)2)9(12)8(3)10/h6-8H,4-5H2,1-3H3. The summed E-state index contributed by atoms with van der Waals surface area (Å²) < 4.78 is 0. The van der Waals surface area contributed by atoms with E-state index in [9.17, 15) is 4.79 Å². The predicted octanol–water partition coefficient (Wildman–Crippen LogP) is 1.88. The van der Waals surface area contributed by atoms with Crippen molar-refractivity contribution < 1.29 is 4.79 Å². The van der Waals surface area contributed by atoms with Crippen molar-refractivity contribution in [2.24, 2.45) is 11.8 Å². The van der Waals surface area contributed by atoms with Crippen LogP contribution in [0.2, 0.25) is 0 Å². The van der Waals surface area contributed by atoms with Gasteiger partial charge in [0.2, 0.25) is 5.91 Å². The van der Waals surface area contributed by atoms with E-state index in [1.54, 1.807) is 0 Å². The minimum Gasteiger partial charge on any atom is -0.341 e. The van der Waals surface area contributed by atoms with Gasteiger partial charge in [-0.3, -0.25) is 4.79 Å². The number of amides is 1. The fourth-order valence-electron chi connectivity index (χ4n) is 1.56. The van der Waals surface area contributed by atoms with Crippen LogP contribution in [-0.4, -0.2) is 28.7 Å². The predicted molar refractivity (Wildman–Crippen MR) is 53.3 cm³/mol. The average molecular weight is 234 g/mol. The summed E-state index contributed by atoms with van der Waals surface area (Å²) in [6.07, 6.45) is 0. The van der Waals surface area contributed by atoms with E-state index in [1.807, 2.05) is 11.8 Å². The van der Waals surface area contributed by atoms with Gasteiger partial charge in [0, 0.05) is 13.1 Å². The molecule has 1 fully saturated rings. The molecule has 0 N–H and O–H groups in total. The molecule has 3 heteroatoms. The maximum Gasteiger partial charge on any atom is 0.236 e. The number of carbonyl (C=O) groups excluding carboxylic acids is 1. The molecule has 2 nitrogen and oxygen atoms in total. The van der Waals surface area contributed by atoms with Crippen molar-refractivity contribution in [2.75, 3.05) is 13.1 Å². The van der Waals surface area contributed by atoms with Crippen LogP contribution in [0.5, 0.6) is 0 Å². The van der Waals surface area contributed by atoms with E-state index in [0.29, 0.717) is 11.8 Å². The van der Waals surface area contributed by atoms with Crippen LogP contribution in [0.3, 0.4) is 0 Å². The lowest BCUT2D eigenvalue weighted by atomic mass is 10.0. The van der Waals surface area contributed by atoms with Crippen LogP contribution in [0.4, 0.5) is 0 Å². The highest BCUT2D eigenvalue weighted by Crippen LogP contribution is 2.23. The Kier molecular flexibility index (Phi) is 3.16. The van der Waals surface area contributed by atoms with Crippen LogP contribution in [0, 0.1) is 11.8 Å². The van der Waals surface area contributed by atoms with Gasteiger partial charge in [0.05, 0.1) is 4.83 Å². The maximum absolute atomic E-state index is 11.5. The average Bonchev–Trinajstić information content (AvgIpc) is 2.30. The lowest BCUT2D eigenvalue weighted by molar-refractivity contribution is -0.129. The number of halogens is 1. The molecule has 0 saturated carbocycles. The first-order chi connectivity index (χ1) is 5.52. The second-order valence-electron chi connectivity index (χ2n) is 3.81. The Morgan fingerprint density at radius 2 is 1.83 bits per heavy atom. The summed E-state index contributed by atoms with van der Waals surface area (Å²) in [5, 5.41) is 0. The van der Waals surface area contributed by atoms with Crippen molar-refractivity contribution >= 4 is 21.8 Å². The second-order valence-corrected chi connectivity index (χ2v) is 5.19. The molecular formula is C9H16BrNO. The van der Waals surface area contributed by atoms with E-state index in [4.69, 9.17) is 0 Å². The quantitative estimate of drug-likeness (QED) is 0.634. The highest BCUT2D eigenvalue weighted by atomic mass is 79.9. The minimum atomic E-state index is -0.0324. The fraction of sp³-hybridized carbons (Fsp3) is 0.889. The van der Waals surface area contributed by atoms with Crippen molar-refractivity contribution in [1.29, 1.82) is 0 Å². The number of likely N-dealkylation sites (tertiary alicyclic amines) is 1. The van der Waals surface area contributed by atoms with Crippen molar-refractivity contribution in [2.45, 2.75) is 25.6 Å². The molecule has 70 valence electrons. The van der Waals surface area contributed by atoms with Gasteiger partial charge < -0.3 is 4.90 Å². The first-order valence-electron chi connectivity index (χ1n) is 4.45. The zero-order valence-electron chi connectivity index (χ0n) is 7.88. The summed E-state index contributed by atoms with van der Waals surface area (Å²) in [6.45, 7) is 8.15. The normalized spacial score (nSPS) is 32.2. The number of nitrogens with zero attached hydrogens (tertiary/aromatic N) is 1. The van der Waals surface area contributed by atoms with Crippen LogP contribution in [0.1, 0.15) is 20.8 Å². The Balaban J connectivity index is 2.52. The molecule has 1 aliphatic heterocycles. The first-order valence-corrected chi connectivity index (χ1v) is 5.36. The molecule has 1 heterocycles. The third-order valence-electron chi connectivity index (χ3n) is 2.64. The van der Waals surface area contributed by atoms with Crippen LogP contribution < -0.4 is 0 Å². The maximum atomic E-state index is 11.5. The summed E-state index contributed by atoms with van der Waals surface area (Å²) in [5.41, 5.74) is 0. The summed E-state index contributed by atoms with van der Waals surface area (Å²) in [6, 6.07) is 0. The van der Waals surface area contributed by atoms with Crippen LogP contribution in [-0.2, 0) is 4.79 Å². The molecule has 0 radical (unpaired) electrons. The van der Waals surface area contributed by atoms with E-state index in [-0.39, 0.29) is 10.7 Å². The summed E-state index contributed by atoms with van der Waals surface area (Å²) in [5.74, 6) is 1.53. The SMILES string of the molecule is CC(Br)C(=O)N1CC(C)C(C)C1. The van der Waals surface area contributed by atoms with Gasteiger partial charge in [-0.25, -0.2) is 0 Å². The molecule has 12 heavy (non-hydrogen) atoms. The van der Waals surface area contributed by atoms with Gasteiger partial charge in [0.1, 0.15) is 0 Å². The molecule has 3 unspecified atom stereocenters. The molecule has 0 aliphatic carbocycles. The number of rotatable bonds is 1. The van der Waals surface area contributed by atoms with Gasteiger partial charge in [0.25, 0.3) is 0 Å². The van der Waals surface area contributed by atoms with Crippen molar-refractivity contribution in [3.8, 4) is 0 Å². The number of carbonyl (C=O) groups is 1. The molecule has 1 rings (SSSR count). The monoisotopic (exact) mass is 233 g/mol. The highest BCUT2D eigenvalue weighted by molar-refractivity contribution is 9.10. The summed E-state index contributed by atoms with van der Waals surface area (Å²) in [7, 11) is 0. The van der Waals surface area contributed by atoms with E-state index >= 15 is 0 Å². The summed E-state index contributed by atoms with van der Waals surface area (Å²) in [4.78, 5) is 13.4. The Hall–Kier alpha value is -0.0500. The van der Waals surface area contributed by atoms with E-state index in [0.717, 1.165) is 13.1 Å². The Morgan fingerprint density at radius 3 is 2.17 bits per heavy atom. The third-order valence-corrected chi connectivity index (χ3v) is 3.03. The van der Waals surface area contributed by atoms with E-state index in [2.05, 4.69) is 29.8 Å². The molecule has 0 aromatic heterocycles. The lowest BCUT2D eigenvalue weighted by Gasteiger charge is -2.17. The highest BCUT2D eigenvalue weighted by Gasteiger charge is 2.30. The van der Waals surface area contributed by atoms with Crippen molar-refractivity contribution in [3.63, 3.8) is 0 Å². The van der Waals surface area contributed by atoms with Gasteiger partial charge in [-0.15, -0.1) is 0 Å².